The van der Waals surface area contributed by atoms with Crippen LogP contribution in [0, 0.1) is 0 Å². The van der Waals surface area contributed by atoms with Gasteiger partial charge in [-0.3, -0.25) is 9.69 Å². The molecule has 1 amide bonds. The fourth-order valence-corrected chi connectivity index (χ4v) is 2.81. The van der Waals surface area contributed by atoms with Crippen LogP contribution in [-0.2, 0) is 4.79 Å². The summed E-state index contributed by atoms with van der Waals surface area (Å²) in [4.78, 5) is 16.6. The first-order valence-electron chi connectivity index (χ1n) is 7.02. The van der Waals surface area contributed by atoms with Crippen molar-refractivity contribution < 1.29 is 4.79 Å². The van der Waals surface area contributed by atoms with E-state index in [9.17, 15) is 4.79 Å². The van der Waals surface area contributed by atoms with Crippen LogP contribution < -0.4 is 5.32 Å². The molecule has 0 spiro atoms. The maximum atomic E-state index is 11.9. The number of piperazine rings is 1. The molecular formula is C13H25N3O. The second kappa shape index (κ2) is 6.36. The molecule has 2 rings (SSSR count). The number of nitrogens with zero attached hydrogens (tertiary/aromatic N) is 2. The standard InChI is InChI=1S/C13H25N3O/c1-2-15-7-9-16(10-8-15)11-13(17)14-12-5-3-4-6-12/h12H,2-11H2,1H3,(H,14,17). The van der Waals surface area contributed by atoms with Gasteiger partial charge in [0.25, 0.3) is 0 Å². The van der Waals surface area contributed by atoms with Crippen LogP contribution in [0.4, 0.5) is 0 Å². The molecule has 1 saturated carbocycles. The molecule has 4 heteroatoms. The van der Waals surface area contributed by atoms with Gasteiger partial charge in [0, 0.05) is 32.2 Å². The minimum atomic E-state index is 0.224. The van der Waals surface area contributed by atoms with Gasteiger partial charge in [-0.2, -0.15) is 0 Å². The zero-order valence-electron chi connectivity index (χ0n) is 11.0. The van der Waals surface area contributed by atoms with Gasteiger partial charge < -0.3 is 10.2 Å². The van der Waals surface area contributed by atoms with Gasteiger partial charge in [0.15, 0.2) is 0 Å². The summed E-state index contributed by atoms with van der Waals surface area (Å²) in [6, 6.07) is 0.458. The van der Waals surface area contributed by atoms with Crippen molar-refractivity contribution in [2.45, 2.75) is 38.6 Å². The lowest BCUT2D eigenvalue weighted by Gasteiger charge is -2.33. The van der Waals surface area contributed by atoms with E-state index < -0.39 is 0 Å². The highest BCUT2D eigenvalue weighted by Crippen LogP contribution is 2.17. The normalized spacial score (nSPS) is 24.1. The Morgan fingerprint density at radius 3 is 2.29 bits per heavy atom. The fourth-order valence-electron chi connectivity index (χ4n) is 2.81. The molecule has 0 radical (unpaired) electrons. The predicted octanol–water partition coefficient (Wildman–Crippen LogP) is 0.683. The van der Waals surface area contributed by atoms with Crippen molar-refractivity contribution in [3.05, 3.63) is 0 Å². The molecule has 17 heavy (non-hydrogen) atoms. The molecular weight excluding hydrogens is 214 g/mol. The van der Waals surface area contributed by atoms with Crippen molar-refractivity contribution in [3.8, 4) is 0 Å². The van der Waals surface area contributed by atoms with E-state index in [4.69, 9.17) is 0 Å². The minimum Gasteiger partial charge on any atom is -0.352 e. The molecule has 98 valence electrons. The van der Waals surface area contributed by atoms with Gasteiger partial charge >= 0.3 is 0 Å². The summed E-state index contributed by atoms with van der Waals surface area (Å²) in [6.07, 6.45) is 4.91. The Morgan fingerprint density at radius 1 is 1.12 bits per heavy atom. The second-order valence-electron chi connectivity index (χ2n) is 5.26. The largest absolute Gasteiger partial charge is 0.352 e. The maximum Gasteiger partial charge on any atom is 0.234 e. The molecule has 1 aliphatic carbocycles. The smallest absolute Gasteiger partial charge is 0.234 e. The summed E-state index contributed by atoms with van der Waals surface area (Å²) in [5, 5.41) is 3.16. The summed E-state index contributed by atoms with van der Waals surface area (Å²) < 4.78 is 0. The van der Waals surface area contributed by atoms with Gasteiger partial charge in [-0.25, -0.2) is 0 Å². The number of amides is 1. The summed E-state index contributed by atoms with van der Waals surface area (Å²) in [5.41, 5.74) is 0. The van der Waals surface area contributed by atoms with Crippen LogP contribution in [-0.4, -0.2) is 61.0 Å². The number of carbonyl (C=O) groups excluding carboxylic acids is 1. The maximum absolute atomic E-state index is 11.9. The van der Waals surface area contributed by atoms with Crippen molar-refractivity contribution in [2.24, 2.45) is 0 Å². The van der Waals surface area contributed by atoms with Gasteiger partial charge in [0.2, 0.25) is 5.91 Å². The first-order valence-corrected chi connectivity index (χ1v) is 7.02. The van der Waals surface area contributed by atoms with Gasteiger partial charge in [0.1, 0.15) is 0 Å². The van der Waals surface area contributed by atoms with Crippen LogP contribution in [0.3, 0.4) is 0 Å². The van der Waals surface area contributed by atoms with E-state index in [0.29, 0.717) is 12.6 Å². The summed E-state index contributed by atoms with van der Waals surface area (Å²) in [6.45, 7) is 8.19. The highest BCUT2D eigenvalue weighted by atomic mass is 16.2. The number of rotatable bonds is 4. The molecule has 0 atom stereocenters. The van der Waals surface area contributed by atoms with Crippen molar-refractivity contribution in [3.63, 3.8) is 0 Å². The Bertz CT molecular complexity index is 243. The molecule has 2 fully saturated rings. The molecule has 2 aliphatic rings. The lowest BCUT2D eigenvalue weighted by Crippen LogP contribution is -2.50. The first-order chi connectivity index (χ1) is 8.28. The molecule has 1 N–H and O–H groups in total. The van der Waals surface area contributed by atoms with E-state index in [2.05, 4.69) is 22.0 Å². The second-order valence-corrected chi connectivity index (χ2v) is 5.26. The van der Waals surface area contributed by atoms with Crippen LogP contribution in [0.15, 0.2) is 0 Å². The fraction of sp³-hybridized carbons (Fsp3) is 0.923. The summed E-state index contributed by atoms with van der Waals surface area (Å²) >= 11 is 0. The zero-order valence-corrected chi connectivity index (χ0v) is 11.0. The molecule has 1 saturated heterocycles. The van der Waals surface area contributed by atoms with Crippen LogP contribution in [0.5, 0.6) is 0 Å². The number of hydrogen-bond donors (Lipinski definition) is 1. The Balaban J connectivity index is 1.65. The summed E-state index contributed by atoms with van der Waals surface area (Å²) in [5.74, 6) is 0.224. The molecule has 0 aromatic rings. The van der Waals surface area contributed by atoms with Crippen LogP contribution in [0.2, 0.25) is 0 Å². The molecule has 0 bridgehead atoms. The van der Waals surface area contributed by atoms with E-state index in [1.165, 1.54) is 25.7 Å². The predicted molar refractivity (Wildman–Crippen MR) is 69.0 cm³/mol. The summed E-state index contributed by atoms with van der Waals surface area (Å²) in [7, 11) is 0. The van der Waals surface area contributed by atoms with Crippen LogP contribution in [0.1, 0.15) is 32.6 Å². The molecule has 4 nitrogen and oxygen atoms in total. The van der Waals surface area contributed by atoms with Crippen LogP contribution in [0.25, 0.3) is 0 Å². The SMILES string of the molecule is CCN1CCN(CC(=O)NC2CCCC2)CC1. The van der Waals surface area contributed by atoms with E-state index in [1.807, 2.05) is 0 Å². The van der Waals surface area contributed by atoms with Gasteiger partial charge in [0.05, 0.1) is 6.54 Å². The quantitative estimate of drug-likeness (QED) is 0.784. The first kappa shape index (κ1) is 12.8. The number of likely N-dealkylation sites (N-methyl/N-ethyl adjacent to an activating group) is 1. The van der Waals surface area contributed by atoms with E-state index >= 15 is 0 Å². The Labute approximate surface area is 104 Å². The Hall–Kier alpha value is -0.610. The number of hydrogen-bond acceptors (Lipinski definition) is 3. The Kier molecular flexibility index (Phi) is 4.80. The van der Waals surface area contributed by atoms with Crippen molar-refractivity contribution in [2.75, 3.05) is 39.3 Å². The average Bonchev–Trinajstić information content (AvgIpc) is 2.82. The van der Waals surface area contributed by atoms with Crippen molar-refractivity contribution in [1.82, 2.24) is 15.1 Å². The molecule has 0 unspecified atom stereocenters. The van der Waals surface area contributed by atoms with Crippen LogP contribution >= 0.6 is 0 Å². The zero-order chi connectivity index (χ0) is 12.1. The lowest BCUT2D eigenvalue weighted by atomic mass is 10.2. The third-order valence-corrected chi connectivity index (χ3v) is 4.00. The van der Waals surface area contributed by atoms with Gasteiger partial charge in [-0.05, 0) is 19.4 Å². The van der Waals surface area contributed by atoms with Gasteiger partial charge in [-0.1, -0.05) is 19.8 Å². The molecule has 0 aromatic carbocycles. The minimum absolute atomic E-state index is 0.224. The van der Waals surface area contributed by atoms with E-state index in [-0.39, 0.29) is 5.91 Å². The lowest BCUT2D eigenvalue weighted by molar-refractivity contribution is -0.123. The Morgan fingerprint density at radius 2 is 1.71 bits per heavy atom. The van der Waals surface area contributed by atoms with Gasteiger partial charge in [-0.15, -0.1) is 0 Å². The number of carbonyl (C=O) groups is 1. The molecule has 1 aliphatic heterocycles. The highest BCUT2D eigenvalue weighted by molar-refractivity contribution is 5.78. The molecule has 0 aromatic heterocycles. The monoisotopic (exact) mass is 239 g/mol. The third-order valence-electron chi connectivity index (χ3n) is 4.00. The topological polar surface area (TPSA) is 35.6 Å². The third kappa shape index (κ3) is 3.96. The highest BCUT2D eigenvalue weighted by Gasteiger charge is 2.20. The molecule has 1 heterocycles. The number of nitrogens with one attached hydrogen (secondary N) is 1. The average molecular weight is 239 g/mol. The van der Waals surface area contributed by atoms with Crippen molar-refractivity contribution >= 4 is 5.91 Å². The van der Waals surface area contributed by atoms with Crippen molar-refractivity contribution in [1.29, 1.82) is 0 Å². The van der Waals surface area contributed by atoms with E-state index in [0.717, 1.165) is 32.7 Å². The van der Waals surface area contributed by atoms with E-state index in [1.54, 1.807) is 0 Å².